The van der Waals surface area contributed by atoms with Gasteiger partial charge in [-0.05, 0) is 41.8 Å². The number of nitrogens with zero attached hydrogens (tertiary/aromatic N) is 2. The van der Waals surface area contributed by atoms with Gasteiger partial charge in [-0.2, -0.15) is 0 Å². The van der Waals surface area contributed by atoms with Crippen molar-refractivity contribution in [3.05, 3.63) is 105 Å². The van der Waals surface area contributed by atoms with E-state index in [-0.39, 0.29) is 49.6 Å². The van der Waals surface area contributed by atoms with E-state index in [0.717, 1.165) is 11.1 Å². The number of carbonyl (C=O) groups excluding carboxylic acids is 4. The van der Waals surface area contributed by atoms with Crippen molar-refractivity contribution < 1.29 is 19.2 Å². The molecule has 3 aromatic rings. The molecule has 3 aromatic carbocycles. The molecule has 1 heterocycles. The zero-order valence-corrected chi connectivity index (χ0v) is 22.3. The van der Waals surface area contributed by atoms with Crippen molar-refractivity contribution in [3.8, 4) is 0 Å². The lowest BCUT2D eigenvalue weighted by Crippen LogP contribution is -2.49. The summed E-state index contributed by atoms with van der Waals surface area (Å²) in [7, 11) is 1.53. The number of carbonyl (C=O) groups is 4. The summed E-state index contributed by atoms with van der Waals surface area (Å²) < 4.78 is 0. The Morgan fingerprint density at radius 1 is 0.868 bits per heavy atom. The number of hydrogen-bond donors (Lipinski definition) is 1. The third kappa shape index (κ3) is 6.06. The van der Waals surface area contributed by atoms with E-state index in [0.29, 0.717) is 27.6 Å². The van der Waals surface area contributed by atoms with Gasteiger partial charge in [-0.1, -0.05) is 71.7 Å². The van der Waals surface area contributed by atoms with E-state index in [9.17, 15) is 19.2 Å². The van der Waals surface area contributed by atoms with Crippen LogP contribution < -0.4 is 5.32 Å². The molecule has 0 bridgehead atoms. The smallest absolute Gasteiger partial charge is 0.261 e. The molecule has 1 atom stereocenters. The molecular formula is C29H27Cl2N3O4. The van der Waals surface area contributed by atoms with Gasteiger partial charge < -0.3 is 10.2 Å². The van der Waals surface area contributed by atoms with Gasteiger partial charge in [-0.25, -0.2) is 0 Å². The van der Waals surface area contributed by atoms with E-state index in [2.05, 4.69) is 5.32 Å². The molecule has 4 rings (SSSR count). The van der Waals surface area contributed by atoms with Gasteiger partial charge in [0.1, 0.15) is 6.04 Å². The van der Waals surface area contributed by atoms with E-state index in [4.69, 9.17) is 23.2 Å². The van der Waals surface area contributed by atoms with Gasteiger partial charge in [-0.3, -0.25) is 24.1 Å². The summed E-state index contributed by atoms with van der Waals surface area (Å²) in [6, 6.07) is 20.4. The molecular weight excluding hydrogens is 525 g/mol. The second kappa shape index (κ2) is 12.2. The number of halogens is 2. The quantitative estimate of drug-likeness (QED) is 0.368. The molecule has 1 N–H and O–H groups in total. The van der Waals surface area contributed by atoms with Crippen molar-refractivity contribution in [3.63, 3.8) is 0 Å². The monoisotopic (exact) mass is 551 g/mol. The number of rotatable bonds is 10. The molecule has 0 radical (unpaired) electrons. The Morgan fingerprint density at radius 2 is 1.50 bits per heavy atom. The first-order valence-corrected chi connectivity index (χ1v) is 13.0. The zero-order valence-electron chi connectivity index (χ0n) is 20.8. The molecule has 0 saturated heterocycles. The van der Waals surface area contributed by atoms with Crippen LogP contribution in [-0.4, -0.2) is 53.1 Å². The van der Waals surface area contributed by atoms with Crippen LogP contribution in [0.5, 0.6) is 0 Å². The Hall–Kier alpha value is -3.68. The third-order valence-electron chi connectivity index (χ3n) is 6.50. The van der Waals surface area contributed by atoms with Gasteiger partial charge in [0.05, 0.1) is 21.2 Å². The molecule has 0 spiro atoms. The number of fused-ring (bicyclic) bond motifs is 1. The molecule has 196 valence electrons. The van der Waals surface area contributed by atoms with Gasteiger partial charge >= 0.3 is 0 Å². The van der Waals surface area contributed by atoms with Crippen LogP contribution in [0.15, 0.2) is 72.8 Å². The van der Waals surface area contributed by atoms with Gasteiger partial charge in [0.15, 0.2) is 0 Å². The van der Waals surface area contributed by atoms with E-state index >= 15 is 0 Å². The first kappa shape index (κ1) is 27.4. The zero-order chi connectivity index (χ0) is 27.2. The van der Waals surface area contributed by atoms with Crippen LogP contribution >= 0.6 is 23.2 Å². The van der Waals surface area contributed by atoms with E-state index in [1.54, 1.807) is 42.5 Å². The average Bonchev–Trinajstić information content (AvgIpc) is 3.17. The summed E-state index contributed by atoms with van der Waals surface area (Å²) in [4.78, 5) is 54.7. The van der Waals surface area contributed by atoms with Crippen LogP contribution in [0.4, 0.5) is 0 Å². The fourth-order valence-electron chi connectivity index (χ4n) is 4.53. The molecule has 1 aliphatic heterocycles. The van der Waals surface area contributed by atoms with Crippen LogP contribution in [-0.2, 0) is 22.6 Å². The Morgan fingerprint density at radius 3 is 2.11 bits per heavy atom. The van der Waals surface area contributed by atoms with Crippen LogP contribution in [0.1, 0.15) is 44.7 Å². The molecule has 7 nitrogen and oxygen atoms in total. The van der Waals surface area contributed by atoms with Crippen LogP contribution in [0, 0.1) is 0 Å². The average molecular weight is 552 g/mol. The lowest BCUT2D eigenvalue weighted by atomic mass is 10.0. The maximum Gasteiger partial charge on any atom is 0.261 e. The topological polar surface area (TPSA) is 86.8 Å². The van der Waals surface area contributed by atoms with E-state index in [1.165, 1.54) is 16.8 Å². The van der Waals surface area contributed by atoms with Crippen LogP contribution in [0.25, 0.3) is 0 Å². The number of amides is 4. The molecule has 38 heavy (non-hydrogen) atoms. The van der Waals surface area contributed by atoms with Crippen molar-refractivity contribution in [1.82, 2.24) is 15.1 Å². The lowest BCUT2D eigenvalue weighted by Gasteiger charge is -2.31. The molecule has 4 amide bonds. The summed E-state index contributed by atoms with van der Waals surface area (Å²) in [5, 5.41) is 3.41. The normalized spacial score (nSPS) is 13.3. The van der Waals surface area contributed by atoms with Gasteiger partial charge in [-0.15, -0.1) is 0 Å². The van der Waals surface area contributed by atoms with E-state index < -0.39 is 6.04 Å². The van der Waals surface area contributed by atoms with Crippen molar-refractivity contribution in [2.45, 2.75) is 31.8 Å². The summed E-state index contributed by atoms with van der Waals surface area (Å²) in [5.74, 6) is -1.31. The first-order valence-electron chi connectivity index (χ1n) is 12.2. The minimum Gasteiger partial charge on any atom is -0.357 e. The summed E-state index contributed by atoms with van der Waals surface area (Å²) in [6.45, 7) is 0.232. The Bertz CT molecular complexity index is 1330. The summed E-state index contributed by atoms with van der Waals surface area (Å²) >= 11 is 12.3. The predicted octanol–water partition coefficient (Wildman–Crippen LogP) is 4.76. The number of hydrogen-bond acceptors (Lipinski definition) is 4. The largest absolute Gasteiger partial charge is 0.357 e. The number of imide groups is 1. The van der Waals surface area contributed by atoms with Crippen LogP contribution in [0.2, 0.25) is 10.0 Å². The standard InChI is InChI=1S/C29H27Cl2N3O4/c1-32-27(36)25(17-19-8-3-2-4-9-19)34(18-20-13-14-23(30)24(31)16-20)26(35)12-7-15-33-28(37)21-10-5-6-11-22(21)29(33)38/h2-6,8-11,13-14,16,25H,7,12,15,17-18H2,1H3,(H,32,36). The van der Waals surface area contributed by atoms with Crippen molar-refractivity contribution in [2.75, 3.05) is 13.6 Å². The molecule has 1 aliphatic rings. The second-order valence-corrected chi connectivity index (χ2v) is 9.82. The summed E-state index contributed by atoms with van der Waals surface area (Å²) in [6.07, 6.45) is 0.608. The van der Waals surface area contributed by atoms with Gasteiger partial charge in [0, 0.05) is 33.0 Å². The number of likely N-dealkylation sites (N-methyl/N-ethyl adjacent to an activating group) is 1. The Balaban J connectivity index is 1.53. The minimum atomic E-state index is -0.788. The minimum absolute atomic E-state index is 0.0387. The predicted molar refractivity (Wildman–Crippen MR) is 146 cm³/mol. The lowest BCUT2D eigenvalue weighted by molar-refractivity contribution is -0.141. The van der Waals surface area contributed by atoms with Gasteiger partial charge in [0.25, 0.3) is 11.8 Å². The highest BCUT2D eigenvalue weighted by Gasteiger charge is 2.35. The molecule has 0 saturated carbocycles. The van der Waals surface area contributed by atoms with Crippen molar-refractivity contribution >= 4 is 46.8 Å². The van der Waals surface area contributed by atoms with Gasteiger partial charge in [0.2, 0.25) is 11.8 Å². The van der Waals surface area contributed by atoms with Crippen molar-refractivity contribution in [1.29, 1.82) is 0 Å². The molecule has 0 aromatic heterocycles. The fraction of sp³-hybridized carbons (Fsp3) is 0.241. The third-order valence-corrected chi connectivity index (χ3v) is 7.24. The maximum absolute atomic E-state index is 13.6. The number of nitrogens with one attached hydrogen (secondary N) is 1. The second-order valence-electron chi connectivity index (χ2n) is 9.00. The number of benzene rings is 3. The highest BCUT2D eigenvalue weighted by atomic mass is 35.5. The maximum atomic E-state index is 13.6. The SMILES string of the molecule is CNC(=O)C(Cc1ccccc1)N(Cc1ccc(Cl)c(Cl)c1)C(=O)CCCN1C(=O)c2ccccc2C1=O. The molecule has 9 heteroatoms. The summed E-state index contributed by atoms with van der Waals surface area (Å²) in [5.41, 5.74) is 2.36. The Kier molecular flexibility index (Phi) is 8.81. The highest BCUT2D eigenvalue weighted by molar-refractivity contribution is 6.42. The fourth-order valence-corrected chi connectivity index (χ4v) is 4.85. The molecule has 1 unspecified atom stereocenters. The van der Waals surface area contributed by atoms with Crippen molar-refractivity contribution in [2.24, 2.45) is 0 Å². The van der Waals surface area contributed by atoms with E-state index in [1.807, 2.05) is 30.3 Å². The highest BCUT2D eigenvalue weighted by Crippen LogP contribution is 2.25. The Labute approximate surface area is 231 Å². The molecule has 0 fully saturated rings. The molecule has 0 aliphatic carbocycles. The first-order chi connectivity index (χ1) is 18.3. The van der Waals surface area contributed by atoms with Crippen LogP contribution in [0.3, 0.4) is 0 Å².